The summed E-state index contributed by atoms with van der Waals surface area (Å²) >= 11 is 0. The molecule has 0 aromatic heterocycles. The zero-order valence-corrected chi connectivity index (χ0v) is 16.0. The molecule has 0 saturated heterocycles. The second kappa shape index (κ2) is 9.99. The van der Waals surface area contributed by atoms with Crippen LogP contribution in [0.5, 0.6) is 0 Å². The average Bonchev–Trinajstić information content (AvgIpc) is 2.78. The zero-order chi connectivity index (χ0) is 21.3. The van der Waals surface area contributed by atoms with Gasteiger partial charge in [-0.2, -0.15) is 0 Å². The molecule has 0 fully saturated rings. The van der Waals surface area contributed by atoms with Crippen LogP contribution in [-0.4, -0.2) is 29.5 Å². The lowest BCUT2D eigenvalue weighted by atomic mass is 10.1. The summed E-state index contributed by atoms with van der Waals surface area (Å²) in [6.07, 6.45) is 0. The van der Waals surface area contributed by atoms with Crippen molar-refractivity contribution in [2.24, 2.45) is 0 Å². The monoisotopic (exact) mass is 404 g/mol. The van der Waals surface area contributed by atoms with E-state index in [9.17, 15) is 14.4 Å². The number of carbonyl (C=O) groups is 3. The first-order valence-electron chi connectivity index (χ1n) is 9.19. The van der Waals surface area contributed by atoms with Gasteiger partial charge < -0.3 is 20.5 Å². The largest absolute Gasteiger partial charge is 0.452 e. The summed E-state index contributed by atoms with van der Waals surface area (Å²) in [5, 5.41) is 14.4. The van der Waals surface area contributed by atoms with Crippen molar-refractivity contribution in [2.45, 2.75) is 6.61 Å². The molecule has 0 heterocycles. The SMILES string of the molecule is O=C(COC(=O)c1ccc(CO)cc1)Nc1ccccc1C(=O)Nc1ccccc1. The Bertz CT molecular complexity index is 1030. The summed E-state index contributed by atoms with van der Waals surface area (Å²) in [4.78, 5) is 36.8. The van der Waals surface area contributed by atoms with E-state index in [1.165, 1.54) is 12.1 Å². The molecule has 0 aliphatic rings. The molecule has 3 aromatic carbocycles. The third-order valence-corrected chi connectivity index (χ3v) is 4.18. The van der Waals surface area contributed by atoms with Crippen LogP contribution in [0.4, 0.5) is 11.4 Å². The molecule has 152 valence electrons. The van der Waals surface area contributed by atoms with Crippen molar-refractivity contribution in [3.05, 3.63) is 95.6 Å². The van der Waals surface area contributed by atoms with E-state index in [-0.39, 0.29) is 23.6 Å². The van der Waals surface area contributed by atoms with Crippen LogP contribution in [0.15, 0.2) is 78.9 Å². The van der Waals surface area contributed by atoms with Crippen LogP contribution in [0, 0.1) is 0 Å². The number of esters is 1. The molecule has 0 aliphatic heterocycles. The minimum Gasteiger partial charge on any atom is -0.452 e. The average molecular weight is 404 g/mol. The number of aliphatic hydroxyl groups is 1. The molecule has 7 heteroatoms. The van der Waals surface area contributed by atoms with Gasteiger partial charge in [-0.25, -0.2) is 4.79 Å². The lowest BCUT2D eigenvalue weighted by Gasteiger charge is -2.12. The molecule has 0 radical (unpaired) electrons. The number of hydrogen-bond donors (Lipinski definition) is 3. The van der Waals surface area contributed by atoms with Gasteiger partial charge in [-0.15, -0.1) is 0 Å². The molecular formula is C23H20N2O5. The second-order valence-corrected chi connectivity index (χ2v) is 6.35. The Kier molecular flexibility index (Phi) is 6.91. The van der Waals surface area contributed by atoms with E-state index in [1.54, 1.807) is 60.7 Å². The maximum Gasteiger partial charge on any atom is 0.338 e. The predicted molar refractivity (Wildman–Crippen MR) is 112 cm³/mol. The van der Waals surface area contributed by atoms with E-state index in [1.807, 2.05) is 6.07 Å². The van der Waals surface area contributed by atoms with Gasteiger partial charge in [-0.1, -0.05) is 42.5 Å². The van der Waals surface area contributed by atoms with Gasteiger partial charge in [0.05, 0.1) is 23.4 Å². The topological polar surface area (TPSA) is 105 Å². The van der Waals surface area contributed by atoms with Crippen LogP contribution in [-0.2, 0) is 16.1 Å². The summed E-state index contributed by atoms with van der Waals surface area (Å²) in [5.41, 5.74) is 2.14. The second-order valence-electron chi connectivity index (χ2n) is 6.35. The third kappa shape index (κ3) is 5.52. The third-order valence-electron chi connectivity index (χ3n) is 4.18. The molecule has 0 unspecified atom stereocenters. The first kappa shape index (κ1) is 20.8. The number of carbonyl (C=O) groups excluding carboxylic acids is 3. The molecular weight excluding hydrogens is 384 g/mol. The van der Waals surface area contributed by atoms with Crippen LogP contribution in [0.3, 0.4) is 0 Å². The lowest BCUT2D eigenvalue weighted by Crippen LogP contribution is -2.23. The number of amides is 2. The number of nitrogens with one attached hydrogen (secondary N) is 2. The highest BCUT2D eigenvalue weighted by Crippen LogP contribution is 2.17. The molecule has 3 rings (SSSR count). The number of benzene rings is 3. The first-order chi connectivity index (χ1) is 14.6. The van der Waals surface area contributed by atoms with Crippen LogP contribution >= 0.6 is 0 Å². The van der Waals surface area contributed by atoms with Crippen molar-refractivity contribution in [1.82, 2.24) is 0 Å². The fourth-order valence-corrected chi connectivity index (χ4v) is 2.66. The van der Waals surface area contributed by atoms with Gasteiger partial charge >= 0.3 is 5.97 Å². The fourth-order valence-electron chi connectivity index (χ4n) is 2.66. The number of anilines is 2. The molecule has 0 saturated carbocycles. The fraction of sp³-hybridized carbons (Fsp3) is 0.0870. The van der Waals surface area contributed by atoms with Crippen LogP contribution in [0.1, 0.15) is 26.3 Å². The van der Waals surface area contributed by atoms with E-state index >= 15 is 0 Å². The quantitative estimate of drug-likeness (QED) is 0.525. The maximum absolute atomic E-state index is 12.6. The summed E-state index contributed by atoms with van der Waals surface area (Å²) < 4.78 is 5.02. The maximum atomic E-state index is 12.6. The summed E-state index contributed by atoms with van der Waals surface area (Å²) in [6.45, 7) is -0.635. The highest BCUT2D eigenvalue weighted by Gasteiger charge is 2.15. The summed E-state index contributed by atoms with van der Waals surface area (Å²) in [5.74, 6) is -1.61. The number of rotatable bonds is 7. The molecule has 0 aliphatic carbocycles. The minimum atomic E-state index is -0.662. The van der Waals surface area contributed by atoms with Gasteiger partial charge in [0.15, 0.2) is 6.61 Å². The van der Waals surface area contributed by atoms with Crippen LogP contribution in [0.25, 0.3) is 0 Å². The number of para-hydroxylation sites is 2. The van der Waals surface area contributed by atoms with Crippen molar-refractivity contribution in [3.63, 3.8) is 0 Å². The number of ether oxygens (including phenoxy) is 1. The van der Waals surface area contributed by atoms with Gasteiger partial charge in [-0.3, -0.25) is 9.59 Å². The number of hydrogen-bond acceptors (Lipinski definition) is 5. The highest BCUT2D eigenvalue weighted by atomic mass is 16.5. The zero-order valence-electron chi connectivity index (χ0n) is 16.0. The molecule has 0 bridgehead atoms. The Morgan fingerprint density at radius 2 is 1.47 bits per heavy atom. The minimum absolute atomic E-state index is 0.130. The van der Waals surface area contributed by atoms with Crippen molar-refractivity contribution in [2.75, 3.05) is 17.2 Å². The smallest absolute Gasteiger partial charge is 0.338 e. The van der Waals surface area contributed by atoms with Crippen LogP contribution in [0.2, 0.25) is 0 Å². The van der Waals surface area contributed by atoms with E-state index < -0.39 is 18.5 Å². The van der Waals surface area contributed by atoms with E-state index in [0.717, 1.165) is 0 Å². The molecule has 2 amide bonds. The van der Waals surface area contributed by atoms with Gasteiger partial charge in [0, 0.05) is 5.69 Å². The Hall–Kier alpha value is -3.97. The Morgan fingerprint density at radius 1 is 0.800 bits per heavy atom. The summed E-state index contributed by atoms with van der Waals surface area (Å²) in [7, 11) is 0. The van der Waals surface area contributed by atoms with Gasteiger partial charge in [0.25, 0.3) is 11.8 Å². The lowest BCUT2D eigenvalue weighted by molar-refractivity contribution is -0.119. The van der Waals surface area contributed by atoms with Crippen molar-refractivity contribution >= 4 is 29.2 Å². The van der Waals surface area contributed by atoms with Crippen LogP contribution < -0.4 is 10.6 Å². The molecule has 0 atom stereocenters. The Morgan fingerprint density at radius 3 is 2.17 bits per heavy atom. The molecule has 3 aromatic rings. The highest BCUT2D eigenvalue weighted by molar-refractivity contribution is 6.10. The Labute approximate surface area is 173 Å². The molecule has 3 N–H and O–H groups in total. The number of aliphatic hydroxyl groups excluding tert-OH is 1. The first-order valence-corrected chi connectivity index (χ1v) is 9.19. The van der Waals surface area contributed by atoms with E-state index in [2.05, 4.69) is 10.6 Å². The molecule has 30 heavy (non-hydrogen) atoms. The van der Waals surface area contributed by atoms with Gasteiger partial charge in [0.2, 0.25) is 0 Å². The van der Waals surface area contributed by atoms with Crippen molar-refractivity contribution < 1.29 is 24.2 Å². The normalized spacial score (nSPS) is 10.2. The van der Waals surface area contributed by atoms with Crippen molar-refractivity contribution in [3.8, 4) is 0 Å². The van der Waals surface area contributed by atoms with E-state index in [4.69, 9.17) is 9.84 Å². The van der Waals surface area contributed by atoms with Crippen molar-refractivity contribution in [1.29, 1.82) is 0 Å². The van der Waals surface area contributed by atoms with Gasteiger partial charge in [-0.05, 0) is 42.0 Å². The molecule has 0 spiro atoms. The molecule has 7 nitrogen and oxygen atoms in total. The van der Waals surface area contributed by atoms with Gasteiger partial charge in [0.1, 0.15) is 0 Å². The predicted octanol–water partition coefficient (Wildman–Crippen LogP) is 3.23. The standard InChI is InChI=1S/C23H20N2O5/c26-14-16-10-12-17(13-11-16)23(29)30-15-21(27)25-20-9-5-4-8-19(20)22(28)24-18-6-2-1-3-7-18/h1-13,26H,14-15H2,(H,24,28)(H,25,27). The summed E-state index contributed by atoms with van der Waals surface area (Å²) in [6, 6.07) is 21.7. The Balaban J connectivity index is 1.59. The van der Waals surface area contributed by atoms with E-state index in [0.29, 0.717) is 16.9 Å².